The summed E-state index contributed by atoms with van der Waals surface area (Å²) in [5.41, 5.74) is 1.77. The Morgan fingerprint density at radius 2 is 1.84 bits per heavy atom. The van der Waals surface area contributed by atoms with E-state index in [0.717, 1.165) is 5.92 Å². The lowest BCUT2D eigenvalue weighted by Gasteiger charge is -2.38. The van der Waals surface area contributed by atoms with Gasteiger partial charge in [-0.2, -0.15) is 0 Å². The van der Waals surface area contributed by atoms with Crippen molar-refractivity contribution < 1.29 is 0 Å². The number of hydrogen-bond donors (Lipinski definition) is 0. The van der Waals surface area contributed by atoms with Crippen molar-refractivity contribution in [2.75, 3.05) is 0 Å². The number of rotatable bonds is 2. The van der Waals surface area contributed by atoms with Crippen molar-refractivity contribution in [2.45, 2.75) is 58.8 Å². The Kier molecular flexibility index (Phi) is 5.07. The molecule has 1 aromatic heterocycles. The van der Waals surface area contributed by atoms with Crippen LogP contribution >= 0.6 is 38.9 Å². The Balaban J connectivity index is 1.98. The van der Waals surface area contributed by atoms with Gasteiger partial charge in [0.15, 0.2) is 0 Å². The molecule has 0 nitrogen and oxygen atoms in total. The van der Waals surface area contributed by atoms with Crippen LogP contribution in [-0.2, 0) is 0 Å². The van der Waals surface area contributed by atoms with Crippen LogP contribution in [0.1, 0.15) is 62.3 Å². The Morgan fingerprint density at radius 1 is 1.26 bits per heavy atom. The van der Waals surface area contributed by atoms with Crippen molar-refractivity contribution in [3.05, 3.63) is 20.3 Å². The lowest BCUT2D eigenvalue weighted by molar-refractivity contribution is 0.148. The smallest absolute Gasteiger partial charge is 0.0731 e. The molecular formula is C16H24BrClS. The Bertz CT molecular complexity index is 405. The lowest BCUT2D eigenvalue weighted by atomic mass is 9.69. The number of hydrogen-bond acceptors (Lipinski definition) is 1. The Morgan fingerprint density at radius 3 is 2.26 bits per heavy atom. The van der Waals surface area contributed by atoms with Crippen molar-refractivity contribution in [2.24, 2.45) is 17.3 Å². The molecule has 1 aliphatic carbocycles. The maximum Gasteiger partial charge on any atom is 0.0731 e. The monoisotopic (exact) mass is 362 g/mol. The van der Waals surface area contributed by atoms with Crippen molar-refractivity contribution >= 4 is 38.9 Å². The summed E-state index contributed by atoms with van der Waals surface area (Å²) in [6.07, 6.45) is 5.24. The van der Waals surface area contributed by atoms with Gasteiger partial charge in [-0.25, -0.2) is 0 Å². The number of thiophene rings is 1. The fourth-order valence-electron chi connectivity index (χ4n) is 3.13. The van der Waals surface area contributed by atoms with Gasteiger partial charge in [0.1, 0.15) is 0 Å². The second-order valence-corrected chi connectivity index (χ2v) is 9.86. The quantitative estimate of drug-likeness (QED) is 0.498. The minimum Gasteiger partial charge on any atom is -0.131 e. The topological polar surface area (TPSA) is 0 Å². The second-order valence-electron chi connectivity index (χ2n) is 6.98. The van der Waals surface area contributed by atoms with E-state index in [1.165, 1.54) is 39.9 Å². The fraction of sp³-hybridized carbons (Fsp3) is 0.750. The van der Waals surface area contributed by atoms with E-state index in [2.05, 4.69) is 49.7 Å². The van der Waals surface area contributed by atoms with Crippen LogP contribution in [0.25, 0.3) is 0 Å². The molecule has 1 atom stereocenters. The molecule has 0 amide bonds. The standard InChI is InChI=1S/C16H24BrClS/c1-10-9-13(19-15(10)17)14(18)11-5-7-12(8-6-11)16(2,3)4/h9,11-12,14H,5-8H2,1-4H3. The Labute approximate surface area is 135 Å². The molecule has 0 radical (unpaired) electrons. The van der Waals surface area contributed by atoms with Gasteiger partial charge in [0.05, 0.1) is 9.16 Å². The summed E-state index contributed by atoms with van der Waals surface area (Å²) in [7, 11) is 0. The highest BCUT2D eigenvalue weighted by Crippen LogP contribution is 2.47. The third-order valence-corrected chi connectivity index (χ3v) is 7.50. The van der Waals surface area contributed by atoms with E-state index in [-0.39, 0.29) is 5.38 Å². The van der Waals surface area contributed by atoms with Gasteiger partial charge in [-0.05, 0) is 77.4 Å². The first-order valence-electron chi connectivity index (χ1n) is 7.19. The molecule has 0 spiro atoms. The van der Waals surface area contributed by atoms with E-state index in [4.69, 9.17) is 11.6 Å². The van der Waals surface area contributed by atoms with Crippen LogP contribution in [0.5, 0.6) is 0 Å². The fourth-order valence-corrected chi connectivity index (χ4v) is 5.22. The first kappa shape index (κ1) is 15.9. The molecule has 0 N–H and O–H groups in total. The van der Waals surface area contributed by atoms with E-state index in [0.29, 0.717) is 11.3 Å². The molecule has 0 bridgehead atoms. The molecule has 19 heavy (non-hydrogen) atoms. The number of alkyl halides is 1. The predicted molar refractivity (Wildman–Crippen MR) is 90.3 cm³/mol. The summed E-state index contributed by atoms with van der Waals surface area (Å²) in [6.45, 7) is 9.26. The van der Waals surface area contributed by atoms with Crippen LogP contribution in [0.3, 0.4) is 0 Å². The SMILES string of the molecule is Cc1cc(C(Cl)C2CCC(C(C)(C)C)CC2)sc1Br. The van der Waals surface area contributed by atoms with E-state index in [1.54, 1.807) is 0 Å². The zero-order valence-electron chi connectivity index (χ0n) is 12.3. The maximum absolute atomic E-state index is 6.72. The first-order valence-corrected chi connectivity index (χ1v) is 9.23. The summed E-state index contributed by atoms with van der Waals surface area (Å²) in [5, 5.41) is 0.205. The van der Waals surface area contributed by atoms with E-state index >= 15 is 0 Å². The summed E-state index contributed by atoms with van der Waals surface area (Å²) < 4.78 is 1.23. The maximum atomic E-state index is 6.72. The minimum atomic E-state index is 0.205. The van der Waals surface area contributed by atoms with E-state index in [1.807, 2.05) is 11.3 Å². The third-order valence-electron chi connectivity index (χ3n) is 4.56. The molecular weight excluding hydrogens is 340 g/mol. The molecule has 1 aliphatic rings. The van der Waals surface area contributed by atoms with Gasteiger partial charge >= 0.3 is 0 Å². The summed E-state index contributed by atoms with van der Waals surface area (Å²) in [6, 6.07) is 2.25. The minimum absolute atomic E-state index is 0.205. The highest BCUT2D eigenvalue weighted by Gasteiger charge is 2.33. The molecule has 1 saturated carbocycles. The number of halogens is 2. The van der Waals surface area contributed by atoms with Crippen molar-refractivity contribution in [1.82, 2.24) is 0 Å². The summed E-state index contributed by atoms with van der Waals surface area (Å²) in [4.78, 5) is 1.34. The van der Waals surface area contributed by atoms with Crippen LogP contribution in [0.2, 0.25) is 0 Å². The predicted octanol–water partition coefficient (Wildman–Crippen LogP) is 6.95. The van der Waals surface area contributed by atoms with Crippen LogP contribution in [0, 0.1) is 24.2 Å². The molecule has 0 aromatic carbocycles. The van der Waals surface area contributed by atoms with Gasteiger partial charge in [-0.1, -0.05) is 20.8 Å². The average Bonchev–Trinajstić information content (AvgIpc) is 2.68. The molecule has 0 saturated heterocycles. The number of aryl methyl sites for hydroxylation is 1. The zero-order valence-corrected chi connectivity index (χ0v) is 15.5. The van der Waals surface area contributed by atoms with Crippen LogP contribution in [-0.4, -0.2) is 0 Å². The van der Waals surface area contributed by atoms with Crippen LogP contribution in [0.4, 0.5) is 0 Å². The highest BCUT2D eigenvalue weighted by molar-refractivity contribution is 9.11. The molecule has 2 rings (SSSR count). The van der Waals surface area contributed by atoms with Crippen LogP contribution < -0.4 is 0 Å². The molecule has 3 heteroatoms. The average molecular weight is 364 g/mol. The molecule has 1 aromatic rings. The summed E-state index contributed by atoms with van der Waals surface area (Å²) in [5.74, 6) is 1.52. The third kappa shape index (κ3) is 3.77. The normalized spacial score (nSPS) is 26.4. The highest BCUT2D eigenvalue weighted by atomic mass is 79.9. The van der Waals surface area contributed by atoms with Crippen molar-refractivity contribution in [3.63, 3.8) is 0 Å². The largest absolute Gasteiger partial charge is 0.131 e. The van der Waals surface area contributed by atoms with Crippen molar-refractivity contribution in [3.8, 4) is 0 Å². The Hall–Kier alpha value is 0.470. The zero-order chi connectivity index (χ0) is 14.2. The molecule has 0 aliphatic heterocycles. The molecule has 108 valence electrons. The van der Waals surface area contributed by atoms with Crippen LogP contribution in [0.15, 0.2) is 9.85 Å². The van der Waals surface area contributed by atoms with E-state index < -0.39 is 0 Å². The van der Waals surface area contributed by atoms with Gasteiger partial charge in [-0.15, -0.1) is 22.9 Å². The van der Waals surface area contributed by atoms with Gasteiger partial charge in [-0.3, -0.25) is 0 Å². The van der Waals surface area contributed by atoms with Gasteiger partial charge in [0.2, 0.25) is 0 Å². The van der Waals surface area contributed by atoms with E-state index in [9.17, 15) is 0 Å². The second kappa shape index (κ2) is 6.07. The van der Waals surface area contributed by atoms with Gasteiger partial charge in [0.25, 0.3) is 0 Å². The lowest BCUT2D eigenvalue weighted by Crippen LogP contribution is -2.27. The molecule has 1 unspecified atom stereocenters. The van der Waals surface area contributed by atoms with Gasteiger partial charge < -0.3 is 0 Å². The first-order chi connectivity index (χ1) is 8.79. The summed E-state index contributed by atoms with van der Waals surface area (Å²) >= 11 is 12.1. The van der Waals surface area contributed by atoms with Gasteiger partial charge in [0, 0.05) is 4.88 Å². The molecule has 1 fully saturated rings. The van der Waals surface area contributed by atoms with Crippen molar-refractivity contribution in [1.29, 1.82) is 0 Å². The molecule has 1 heterocycles.